The maximum atomic E-state index is 9.60. The Labute approximate surface area is 183 Å². The molecular weight excluding hydrogens is 386 g/mol. The molecular formula is C26H31N3O2. The standard InChI is InChI=1S/C26H31N3O2/c30-16-23-5-2-8-28(23)14-22-11-21-10-20(6-7-26(21)27-22)19-4-1-3-18(9-19)13-29-15-25-12-24(29)17-31-25/h1,3-4,6-7,9-11,23-25,27,30H,2,5,8,12-17H2/t23-,24+,25?/m1/s1. The van der Waals surface area contributed by atoms with Gasteiger partial charge >= 0.3 is 0 Å². The fourth-order valence-electron chi connectivity index (χ4n) is 5.74. The largest absolute Gasteiger partial charge is 0.395 e. The molecule has 0 saturated carbocycles. The Morgan fingerprint density at radius 3 is 2.81 bits per heavy atom. The predicted octanol–water partition coefficient (Wildman–Crippen LogP) is 3.76. The number of nitrogens with zero attached hydrogens (tertiary/aromatic N) is 2. The average molecular weight is 418 g/mol. The van der Waals surface area contributed by atoms with Crippen LogP contribution in [-0.2, 0) is 17.8 Å². The van der Waals surface area contributed by atoms with Crippen LogP contribution in [0.1, 0.15) is 30.5 Å². The molecule has 3 aromatic rings. The van der Waals surface area contributed by atoms with E-state index in [9.17, 15) is 5.11 Å². The number of hydrogen-bond acceptors (Lipinski definition) is 4. The van der Waals surface area contributed by atoms with Gasteiger partial charge in [-0.3, -0.25) is 9.80 Å². The van der Waals surface area contributed by atoms with Crippen LogP contribution in [0.2, 0.25) is 0 Å². The third-order valence-electron chi connectivity index (χ3n) is 7.42. The Morgan fingerprint density at radius 2 is 1.97 bits per heavy atom. The molecule has 3 aliphatic heterocycles. The summed E-state index contributed by atoms with van der Waals surface area (Å²) < 4.78 is 5.75. The van der Waals surface area contributed by atoms with Crippen LogP contribution in [0.3, 0.4) is 0 Å². The Balaban J connectivity index is 1.21. The first-order valence-electron chi connectivity index (χ1n) is 11.7. The van der Waals surface area contributed by atoms with Crippen LogP contribution >= 0.6 is 0 Å². The van der Waals surface area contributed by atoms with E-state index in [0.29, 0.717) is 18.2 Å². The maximum Gasteiger partial charge on any atom is 0.0718 e. The number of rotatable bonds is 6. The molecule has 0 spiro atoms. The molecule has 2 aromatic carbocycles. The summed E-state index contributed by atoms with van der Waals surface area (Å²) in [7, 11) is 0. The summed E-state index contributed by atoms with van der Waals surface area (Å²) in [6.45, 7) is 5.19. The van der Waals surface area contributed by atoms with Crippen molar-refractivity contribution in [3.05, 3.63) is 59.8 Å². The Kier molecular flexibility index (Phi) is 5.07. The summed E-state index contributed by atoms with van der Waals surface area (Å²) in [5.74, 6) is 0. The fraction of sp³-hybridized carbons (Fsp3) is 0.462. The first kappa shape index (κ1) is 19.5. The summed E-state index contributed by atoms with van der Waals surface area (Å²) in [4.78, 5) is 8.55. The van der Waals surface area contributed by atoms with Crippen molar-refractivity contribution in [3.63, 3.8) is 0 Å². The van der Waals surface area contributed by atoms with Gasteiger partial charge in [-0.25, -0.2) is 0 Å². The number of likely N-dealkylation sites (tertiary alicyclic amines) is 2. The van der Waals surface area contributed by atoms with Gasteiger partial charge in [-0.1, -0.05) is 24.3 Å². The Bertz CT molecular complexity index is 1080. The van der Waals surface area contributed by atoms with Crippen LogP contribution < -0.4 is 0 Å². The lowest BCUT2D eigenvalue weighted by Crippen LogP contribution is -2.36. The van der Waals surface area contributed by atoms with Crippen LogP contribution in [0.4, 0.5) is 0 Å². The van der Waals surface area contributed by atoms with Gasteiger partial charge in [-0.05, 0) is 66.8 Å². The number of aliphatic hydroxyl groups is 1. The normalized spacial score (nSPS) is 26.4. The molecule has 3 aliphatic rings. The second-order valence-electron chi connectivity index (χ2n) is 9.52. The van der Waals surface area contributed by atoms with Gasteiger partial charge < -0.3 is 14.8 Å². The lowest BCUT2D eigenvalue weighted by molar-refractivity contribution is 0.0273. The van der Waals surface area contributed by atoms with Crippen LogP contribution in [0.25, 0.3) is 22.0 Å². The summed E-state index contributed by atoms with van der Waals surface area (Å²) in [5, 5.41) is 10.9. The number of fused-ring (bicyclic) bond motifs is 3. The molecule has 3 fully saturated rings. The lowest BCUT2D eigenvalue weighted by Gasteiger charge is -2.26. The lowest BCUT2D eigenvalue weighted by atomic mass is 10.0. The molecule has 3 saturated heterocycles. The zero-order valence-corrected chi connectivity index (χ0v) is 18.0. The van der Waals surface area contributed by atoms with E-state index in [1.807, 2.05) is 0 Å². The molecule has 2 N–H and O–H groups in total. The number of morpholine rings is 1. The number of H-pyrrole nitrogens is 1. The Morgan fingerprint density at radius 1 is 1.03 bits per heavy atom. The third-order valence-corrected chi connectivity index (χ3v) is 7.42. The number of benzene rings is 2. The number of hydrogen-bond donors (Lipinski definition) is 2. The van der Waals surface area contributed by atoms with Crippen LogP contribution in [0.15, 0.2) is 48.5 Å². The van der Waals surface area contributed by atoms with E-state index in [2.05, 4.69) is 63.3 Å². The molecule has 2 bridgehead atoms. The second-order valence-corrected chi connectivity index (χ2v) is 9.52. The quantitative estimate of drug-likeness (QED) is 0.641. The summed E-state index contributed by atoms with van der Waals surface area (Å²) in [5.41, 5.74) is 6.34. The van der Waals surface area contributed by atoms with E-state index >= 15 is 0 Å². The van der Waals surface area contributed by atoms with Gasteiger partial charge in [0.15, 0.2) is 0 Å². The second kappa shape index (κ2) is 8.06. The molecule has 3 atom stereocenters. The van der Waals surface area contributed by atoms with Crippen molar-refractivity contribution in [2.45, 2.75) is 50.5 Å². The minimum atomic E-state index is 0.257. The highest BCUT2D eigenvalue weighted by atomic mass is 16.5. The van der Waals surface area contributed by atoms with E-state index in [1.165, 1.54) is 46.1 Å². The Hall–Kier alpha value is -2.18. The molecule has 0 radical (unpaired) electrons. The van der Waals surface area contributed by atoms with Crippen molar-refractivity contribution in [1.29, 1.82) is 0 Å². The van der Waals surface area contributed by atoms with Crippen molar-refractivity contribution < 1.29 is 9.84 Å². The molecule has 5 nitrogen and oxygen atoms in total. The SMILES string of the molecule is OC[C@H]1CCCN1Cc1cc2cc(-c3cccc(CN4CC5C[C@H]4CO5)c3)ccc2[nH]1. The van der Waals surface area contributed by atoms with E-state index in [0.717, 1.165) is 39.2 Å². The number of aromatic amines is 1. The molecule has 0 aliphatic carbocycles. The van der Waals surface area contributed by atoms with Gasteiger partial charge in [0.2, 0.25) is 0 Å². The highest BCUT2D eigenvalue weighted by Crippen LogP contribution is 2.31. The molecule has 5 heteroatoms. The zero-order valence-electron chi connectivity index (χ0n) is 18.0. The summed E-state index contributed by atoms with van der Waals surface area (Å²) in [6.07, 6.45) is 3.93. The van der Waals surface area contributed by atoms with Crippen molar-refractivity contribution in [2.75, 3.05) is 26.3 Å². The van der Waals surface area contributed by atoms with E-state index in [-0.39, 0.29) is 6.61 Å². The minimum absolute atomic E-state index is 0.257. The summed E-state index contributed by atoms with van der Waals surface area (Å²) in [6, 6.07) is 18.9. The van der Waals surface area contributed by atoms with Gasteiger partial charge in [0.1, 0.15) is 0 Å². The van der Waals surface area contributed by atoms with Gasteiger partial charge in [-0.2, -0.15) is 0 Å². The van der Waals surface area contributed by atoms with Gasteiger partial charge in [-0.15, -0.1) is 0 Å². The van der Waals surface area contributed by atoms with E-state index < -0.39 is 0 Å². The fourth-order valence-corrected chi connectivity index (χ4v) is 5.74. The van der Waals surface area contributed by atoms with E-state index in [1.54, 1.807) is 0 Å². The monoisotopic (exact) mass is 417 g/mol. The smallest absolute Gasteiger partial charge is 0.0718 e. The third kappa shape index (κ3) is 3.80. The summed E-state index contributed by atoms with van der Waals surface area (Å²) >= 11 is 0. The first-order chi connectivity index (χ1) is 15.2. The van der Waals surface area contributed by atoms with Crippen molar-refractivity contribution >= 4 is 10.9 Å². The highest BCUT2D eigenvalue weighted by molar-refractivity contribution is 5.86. The zero-order chi connectivity index (χ0) is 20.8. The van der Waals surface area contributed by atoms with Crippen LogP contribution in [0.5, 0.6) is 0 Å². The van der Waals surface area contributed by atoms with Crippen LogP contribution in [0, 0.1) is 0 Å². The molecule has 31 heavy (non-hydrogen) atoms. The van der Waals surface area contributed by atoms with Gasteiger partial charge in [0.25, 0.3) is 0 Å². The first-order valence-corrected chi connectivity index (χ1v) is 11.7. The topological polar surface area (TPSA) is 51.7 Å². The van der Waals surface area contributed by atoms with Crippen molar-refractivity contribution in [3.8, 4) is 11.1 Å². The van der Waals surface area contributed by atoms with Gasteiger partial charge in [0, 0.05) is 48.3 Å². The minimum Gasteiger partial charge on any atom is -0.395 e. The molecule has 6 rings (SSSR count). The van der Waals surface area contributed by atoms with Crippen LogP contribution in [-0.4, -0.2) is 64.4 Å². The number of ether oxygens (including phenoxy) is 1. The van der Waals surface area contributed by atoms with Crippen molar-refractivity contribution in [1.82, 2.24) is 14.8 Å². The molecule has 4 heterocycles. The van der Waals surface area contributed by atoms with Crippen molar-refractivity contribution in [2.24, 2.45) is 0 Å². The predicted molar refractivity (Wildman–Crippen MR) is 123 cm³/mol. The average Bonchev–Trinajstić information content (AvgIpc) is 3.57. The molecule has 0 amide bonds. The van der Waals surface area contributed by atoms with E-state index in [4.69, 9.17) is 4.74 Å². The van der Waals surface area contributed by atoms with Gasteiger partial charge in [0.05, 0.1) is 19.3 Å². The molecule has 1 unspecified atom stereocenters. The highest BCUT2D eigenvalue weighted by Gasteiger charge is 2.38. The molecule has 1 aromatic heterocycles. The number of aliphatic hydroxyl groups excluding tert-OH is 1. The number of aromatic nitrogens is 1. The maximum absolute atomic E-state index is 9.60. The molecule has 162 valence electrons. The number of nitrogens with one attached hydrogen (secondary N) is 1.